The first kappa shape index (κ1) is 27.7. The van der Waals surface area contributed by atoms with Crippen molar-refractivity contribution in [1.82, 2.24) is 4.90 Å². The van der Waals surface area contributed by atoms with Crippen molar-refractivity contribution in [1.29, 1.82) is 0 Å². The SMILES string of the molecule is CCCCCCCCC(CCC(=O)OC(C)C)OC(=O)OCCCN(CC)CC. The summed E-state index contributed by atoms with van der Waals surface area (Å²) in [5.74, 6) is -0.246. The van der Waals surface area contributed by atoms with Gasteiger partial charge in [0.1, 0.15) is 6.10 Å². The Morgan fingerprint density at radius 3 is 2.10 bits per heavy atom. The van der Waals surface area contributed by atoms with E-state index in [4.69, 9.17) is 14.2 Å². The van der Waals surface area contributed by atoms with Gasteiger partial charge in [0.05, 0.1) is 12.7 Å². The molecule has 0 heterocycles. The lowest BCUT2D eigenvalue weighted by molar-refractivity contribution is -0.148. The van der Waals surface area contributed by atoms with E-state index in [2.05, 4.69) is 25.7 Å². The average molecular weight is 416 g/mol. The Bertz CT molecular complexity index is 410. The molecule has 0 aromatic rings. The lowest BCUT2D eigenvalue weighted by Crippen LogP contribution is -2.26. The predicted octanol–water partition coefficient (Wildman–Crippen LogP) is 5.72. The zero-order valence-corrected chi connectivity index (χ0v) is 19.5. The van der Waals surface area contributed by atoms with Crippen molar-refractivity contribution in [3.05, 3.63) is 0 Å². The maximum Gasteiger partial charge on any atom is 0.508 e. The number of hydrogen-bond acceptors (Lipinski definition) is 6. The zero-order valence-electron chi connectivity index (χ0n) is 19.5. The highest BCUT2D eigenvalue weighted by Gasteiger charge is 2.18. The summed E-state index contributed by atoms with van der Waals surface area (Å²) in [7, 11) is 0. The van der Waals surface area contributed by atoms with E-state index >= 15 is 0 Å². The van der Waals surface area contributed by atoms with Crippen molar-refractivity contribution in [2.24, 2.45) is 0 Å². The van der Waals surface area contributed by atoms with E-state index in [0.717, 1.165) is 45.3 Å². The molecule has 0 aliphatic carbocycles. The Morgan fingerprint density at radius 1 is 0.828 bits per heavy atom. The Kier molecular flexibility index (Phi) is 17.9. The molecule has 0 amide bonds. The van der Waals surface area contributed by atoms with Gasteiger partial charge in [0.15, 0.2) is 0 Å². The molecule has 0 aromatic heterocycles. The lowest BCUT2D eigenvalue weighted by atomic mass is 10.0. The summed E-state index contributed by atoms with van der Waals surface area (Å²) in [6, 6.07) is 0. The maximum absolute atomic E-state index is 12.1. The summed E-state index contributed by atoms with van der Waals surface area (Å²) in [6.45, 7) is 13.4. The standard InChI is InChI=1S/C23H45NO5/c1-6-9-10-11-12-13-15-21(16-17-22(25)28-20(4)5)29-23(26)27-19-14-18-24(7-2)8-3/h20-21H,6-19H2,1-5H3. The first-order chi connectivity index (χ1) is 13.9. The molecule has 0 rings (SSSR count). The molecule has 1 unspecified atom stereocenters. The van der Waals surface area contributed by atoms with Gasteiger partial charge < -0.3 is 19.1 Å². The Labute approximate surface area is 178 Å². The maximum atomic E-state index is 12.1. The van der Waals surface area contributed by atoms with Crippen LogP contribution in [0.25, 0.3) is 0 Å². The summed E-state index contributed by atoms with van der Waals surface area (Å²) in [4.78, 5) is 26.2. The number of hydrogen-bond donors (Lipinski definition) is 0. The molecule has 0 N–H and O–H groups in total. The Hall–Kier alpha value is -1.30. The minimum atomic E-state index is -0.627. The molecule has 0 aliphatic rings. The van der Waals surface area contributed by atoms with Crippen molar-refractivity contribution in [2.75, 3.05) is 26.2 Å². The second-order valence-electron chi connectivity index (χ2n) is 7.85. The van der Waals surface area contributed by atoms with Crippen LogP contribution in [0.3, 0.4) is 0 Å². The van der Waals surface area contributed by atoms with E-state index in [1.807, 2.05) is 13.8 Å². The van der Waals surface area contributed by atoms with Gasteiger partial charge in [-0.15, -0.1) is 0 Å². The highest BCUT2D eigenvalue weighted by Crippen LogP contribution is 2.16. The first-order valence-electron chi connectivity index (χ1n) is 11.7. The van der Waals surface area contributed by atoms with Gasteiger partial charge in [-0.2, -0.15) is 0 Å². The lowest BCUT2D eigenvalue weighted by Gasteiger charge is -2.19. The second-order valence-corrected chi connectivity index (χ2v) is 7.85. The van der Waals surface area contributed by atoms with Crippen LogP contribution in [0.4, 0.5) is 4.79 Å². The number of ether oxygens (including phenoxy) is 3. The van der Waals surface area contributed by atoms with E-state index < -0.39 is 6.16 Å². The van der Waals surface area contributed by atoms with Crippen LogP contribution >= 0.6 is 0 Å². The largest absolute Gasteiger partial charge is 0.508 e. The van der Waals surface area contributed by atoms with Gasteiger partial charge in [-0.1, -0.05) is 52.9 Å². The minimum absolute atomic E-state index is 0.129. The van der Waals surface area contributed by atoms with Gasteiger partial charge >= 0.3 is 12.1 Å². The van der Waals surface area contributed by atoms with Crippen LogP contribution in [0, 0.1) is 0 Å². The fourth-order valence-corrected chi connectivity index (χ4v) is 3.17. The molecule has 172 valence electrons. The molecule has 0 bridgehead atoms. The quantitative estimate of drug-likeness (QED) is 0.211. The van der Waals surface area contributed by atoms with E-state index in [0.29, 0.717) is 13.0 Å². The van der Waals surface area contributed by atoms with Gasteiger partial charge in [-0.05, 0) is 52.6 Å². The van der Waals surface area contributed by atoms with E-state index in [1.54, 1.807) is 0 Å². The predicted molar refractivity (Wildman–Crippen MR) is 117 cm³/mol. The molecule has 0 saturated heterocycles. The van der Waals surface area contributed by atoms with Crippen LogP contribution < -0.4 is 0 Å². The fraction of sp³-hybridized carbons (Fsp3) is 0.913. The van der Waals surface area contributed by atoms with Crippen LogP contribution in [0.1, 0.15) is 98.8 Å². The zero-order chi connectivity index (χ0) is 21.9. The van der Waals surface area contributed by atoms with Crippen LogP contribution in [-0.2, 0) is 19.0 Å². The third-order valence-corrected chi connectivity index (χ3v) is 4.91. The average Bonchev–Trinajstić information content (AvgIpc) is 2.68. The smallest absolute Gasteiger partial charge is 0.463 e. The monoisotopic (exact) mass is 415 g/mol. The fourth-order valence-electron chi connectivity index (χ4n) is 3.17. The molecule has 0 aliphatic heterocycles. The number of carbonyl (C=O) groups excluding carboxylic acids is 2. The third kappa shape index (κ3) is 17.3. The number of esters is 1. The third-order valence-electron chi connectivity index (χ3n) is 4.91. The van der Waals surface area contributed by atoms with Crippen molar-refractivity contribution in [3.8, 4) is 0 Å². The summed E-state index contributed by atoms with van der Waals surface area (Å²) >= 11 is 0. The highest BCUT2D eigenvalue weighted by molar-refractivity contribution is 5.69. The van der Waals surface area contributed by atoms with Gasteiger partial charge in [-0.25, -0.2) is 4.79 Å². The number of rotatable bonds is 18. The Balaban J connectivity index is 4.28. The van der Waals surface area contributed by atoms with Gasteiger partial charge in [0.2, 0.25) is 0 Å². The normalized spacial score (nSPS) is 12.2. The number of carbonyl (C=O) groups is 2. The molecule has 0 aromatic carbocycles. The number of unbranched alkanes of at least 4 members (excludes halogenated alkanes) is 5. The van der Waals surface area contributed by atoms with Gasteiger partial charge in [0, 0.05) is 13.0 Å². The van der Waals surface area contributed by atoms with Gasteiger partial charge in [-0.3, -0.25) is 4.79 Å². The van der Waals surface area contributed by atoms with Crippen molar-refractivity contribution in [3.63, 3.8) is 0 Å². The van der Waals surface area contributed by atoms with E-state index in [-0.39, 0.29) is 24.6 Å². The summed E-state index contributed by atoms with van der Waals surface area (Å²) in [5.41, 5.74) is 0. The first-order valence-corrected chi connectivity index (χ1v) is 11.7. The van der Waals surface area contributed by atoms with Crippen molar-refractivity contribution < 1.29 is 23.8 Å². The van der Waals surface area contributed by atoms with Gasteiger partial charge in [0.25, 0.3) is 0 Å². The summed E-state index contributed by atoms with van der Waals surface area (Å²) < 4.78 is 15.9. The molecule has 29 heavy (non-hydrogen) atoms. The molecule has 0 fully saturated rings. The molecular formula is C23H45NO5. The highest BCUT2D eigenvalue weighted by atomic mass is 16.7. The molecule has 6 heteroatoms. The minimum Gasteiger partial charge on any atom is -0.463 e. The molecule has 1 atom stereocenters. The molecule has 0 spiro atoms. The van der Waals surface area contributed by atoms with Crippen LogP contribution in [0.2, 0.25) is 0 Å². The van der Waals surface area contributed by atoms with Crippen LogP contribution in [0.5, 0.6) is 0 Å². The van der Waals surface area contributed by atoms with Crippen molar-refractivity contribution >= 4 is 12.1 Å². The van der Waals surface area contributed by atoms with Crippen LogP contribution in [0.15, 0.2) is 0 Å². The molecule has 0 saturated carbocycles. The molecule has 6 nitrogen and oxygen atoms in total. The number of nitrogens with zero attached hydrogens (tertiary/aromatic N) is 1. The topological polar surface area (TPSA) is 65.1 Å². The van der Waals surface area contributed by atoms with E-state index in [9.17, 15) is 9.59 Å². The second kappa shape index (κ2) is 18.7. The van der Waals surface area contributed by atoms with E-state index in [1.165, 1.54) is 25.7 Å². The Morgan fingerprint density at radius 2 is 1.48 bits per heavy atom. The molecular weight excluding hydrogens is 370 g/mol. The van der Waals surface area contributed by atoms with Crippen molar-refractivity contribution in [2.45, 2.75) is 111 Å². The summed E-state index contributed by atoms with van der Waals surface area (Å²) in [5, 5.41) is 0. The molecule has 0 radical (unpaired) electrons. The van der Waals surface area contributed by atoms with Crippen LogP contribution in [-0.4, -0.2) is 55.5 Å². The summed E-state index contributed by atoms with van der Waals surface area (Å²) in [6.07, 6.45) is 8.29.